The average molecular weight is 378 g/mol. The molecule has 0 aliphatic heterocycles. The van der Waals surface area contributed by atoms with Crippen LogP contribution in [0.4, 0.5) is 4.39 Å². The first-order valence-electron chi connectivity index (χ1n) is 8.43. The van der Waals surface area contributed by atoms with Gasteiger partial charge in [-0.1, -0.05) is 32.0 Å². The van der Waals surface area contributed by atoms with Crippen molar-refractivity contribution >= 4 is 15.9 Å². The topological polar surface area (TPSA) is 66.5 Å². The Morgan fingerprint density at radius 1 is 1.08 bits per heavy atom. The normalized spacial score (nSPS) is 11.6. The highest BCUT2D eigenvalue weighted by Crippen LogP contribution is 2.19. The fraction of sp³-hybridized carbons (Fsp3) is 0.316. The van der Waals surface area contributed by atoms with Gasteiger partial charge >= 0.3 is 0 Å². The second-order valence-electron chi connectivity index (χ2n) is 5.88. The number of sulfonamides is 1. The maximum absolute atomic E-state index is 12.9. The summed E-state index contributed by atoms with van der Waals surface area (Å²) >= 11 is 0. The van der Waals surface area contributed by atoms with E-state index in [-0.39, 0.29) is 23.2 Å². The molecule has 0 bridgehead atoms. The van der Waals surface area contributed by atoms with Crippen molar-refractivity contribution in [1.82, 2.24) is 9.62 Å². The van der Waals surface area contributed by atoms with Crippen LogP contribution >= 0.6 is 0 Å². The Labute approximate surface area is 153 Å². The first-order chi connectivity index (χ1) is 12.3. The van der Waals surface area contributed by atoms with E-state index in [4.69, 9.17) is 0 Å². The zero-order valence-electron chi connectivity index (χ0n) is 15.1. The molecule has 1 amide bonds. The molecule has 140 valence electrons. The molecule has 0 aliphatic rings. The Kier molecular flexibility index (Phi) is 6.50. The van der Waals surface area contributed by atoms with E-state index in [1.807, 2.05) is 0 Å². The largest absolute Gasteiger partial charge is 0.348 e. The zero-order chi connectivity index (χ0) is 19.3. The number of hydrogen-bond acceptors (Lipinski definition) is 3. The van der Waals surface area contributed by atoms with Crippen LogP contribution in [0.3, 0.4) is 0 Å². The molecular formula is C19H23FN2O3S. The minimum Gasteiger partial charge on any atom is -0.348 e. The van der Waals surface area contributed by atoms with Gasteiger partial charge < -0.3 is 5.32 Å². The molecule has 0 heterocycles. The van der Waals surface area contributed by atoms with Gasteiger partial charge in [-0.15, -0.1) is 0 Å². The minimum absolute atomic E-state index is 0.0960. The number of carbonyl (C=O) groups excluding carboxylic acids is 1. The number of benzene rings is 2. The average Bonchev–Trinajstić information content (AvgIpc) is 2.62. The predicted octanol–water partition coefficient (Wildman–Crippen LogP) is 3.09. The van der Waals surface area contributed by atoms with E-state index < -0.39 is 10.0 Å². The summed E-state index contributed by atoms with van der Waals surface area (Å²) in [6.07, 6.45) is 0. The molecule has 5 nitrogen and oxygen atoms in total. The van der Waals surface area contributed by atoms with Crippen molar-refractivity contribution in [3.63, 3.8) is 0 Å². The van der Waals surface area contributed by atoms with Gasteiger partial charge in [-0.25, -0.2) is 12.8 Å². The standard InChI is InChI=1S/C19H23FN2O3S/c1-4-22(5-2)26(24,25)17-11-6-14(3)18(12-17)19(23)21-13-15-7-9-16(20)10-8-15/h6-12H,4-5,13H2,1-3H3,(H,21,23). The summed E-state index contributed by atoms with van der Waals surface area (Å²) in [6, 6.07) is 10.4. The van der Waals surface area contributed by atoms with E-state index in [2.05, 4.69) is 5.32 Å². The Morgan fingerprint density at radius 3 is 2.27 bits per heavy atom. The maximum atomic E-state index is 12.9. The third kappa shape index (κ3) is 4.47. The molecule has 0 aliphatic carbocycles. The van der Waals surface area contributed by atoms with Crippen LogP contribution in [0.1, 0.15) is 35.3 Å². The molecule has 0 saturated heterocycles. The summed E-state index contributed by atoms with van der Waals surface area (Å²) in [5.74, 6) is -0.714. The summed E-state index contributed by atoms with van der Waals surface area (Å²) in [7, 11) is -3.63. The van der Waals surface area contributed by atoms with Crippen LogP contribution in [0, 0.1) is 12.7 Å². The number of nitrogens with zero attached hydrogens (tertiary/aromatic N) is 1. The fourth-order valence-electron chi connectivity index (χ4n) is 2.60. The van der Waals surface area contributed by atoms with Crippen molar-refractivity contribution in [1.29, 1.82) is 0 Å². The Morgan fingerprint density at radius 2 is 1.69 bits per heavy atom. The molecule has 2 aromatic carbocycles. The van der Waals surface area contributed by atoms with Crippen LogP contribution in [0.15, 0.2) is 47.4 Å². The maximum Gasteiger partial charge on any atom is 0.251 e. The van der Waals surface area contributed by atoms with Crippen molar-refractivity contribution in [2.45, 2.75) is 32.2 Å². The van der Waals surface area contributed by atoms with Gasteiger partial charge in [-0.2, -0.15) is 4.31 Å². The van der Waals surface area contributed by atoms with E-state index in [0.29, 0.717) is 24.2 Å². The molecule has 0 spiro atoms. The third-order valence-electron chi connectivity index (χ3n) is 4.16. The molecule has 7 heteroatoms. The number of hydrogen-bond donors (Lipinski definition) is 1. The molecule has 0 unspecified atom stereocenters. The van der Waals surface area contributed by atoms with Gasteiger partial charge in [0, 0.05) is 25.2 Å². The number of amides is 1. The van der Waals surface area contributed by atoms with Crippen LogP contribution in [-0.2, 0) is 16.6 Å². The second-order valence-corrected chi connectivity index (χ2v) is 7.81. The highest BCUT2D eigenvalue weighted by Gasteiger charge is 2.23. The van der Waals surface area contributed by atoms with Gasteiger partial charge in [0.2, 0.25) is 10.0 Å². The van der Waals surface area contributed by atoms with E-state index >= 15 is 0 Å². The van der Waals surface area contributed by atoms with Crippen molar-refractivity contribution in [3.8, 4) is 0 Å². The van der Waals surface area contributed by atoms with Crippen molar-refractivity contribution < 1.29 is 17.6 Å². The van der Waals surface area contributed by atoms with Gasteiger partial charge in [-0.05, 0) is 42.3 Å². The Hall–Kier alpha value is -2.25. The summed E-state index contributed by atoms with van der Waals surface area (Å²) in [5, 5.41) is 2.74. The number of aryl methyl sites for hydroxylation is 1. The lowest BCUT2D eigenvalue weighted by molar-refractivity contribution is 0.0950. The van der Waals surface area contributed by atoms with Gasteiger partial charge in [0.15, 0.2) is 0 Å². The highest BCUT2D eigenvalue weighted by molar-refractivity contribution is 7.89. The van der Waals surface area contributed by atoms with Crippen LogP contribution < -0.4 is 5.32 Å². The van der Waals surface area contributed by atoms with Gasteiger partial charge in [0.25, 0.3) is 5.91 Å². The third-order valence-corrected chi connectivity index (χ3v) is 6.21. The summed E-state index contributed by atoms with van der Waals surface area (Å²) < 4.78 is 39.6. The number of carbonyl (C=O) groups is 1. The fourth-order valence-corrected chi connectivity index (χ4v) is 4.08. The summed E-state index contributed by atoms with van der Waals surface area (Å²) in [4.78, 5) is 12.6. The van der Waals surface area contributed by atoms with E-state index in [1.54, 1.807) is 39.0 Å². The summed E-state index contributed by atoms with van der Waals surface area (Å²) in [5.41, 5.74) is 1.74. The van der Waals surface area contributed by atoms with Crippen LogP contribution in [0.25, 0.3) is 0 Å². The second kappa shape index (κ2) is 8.42. The van der Waals surface area contributed by atoms with Crippen LogP contribution in [0.2, 0.25) is 0 Å². The monoisotopic (exact) mass is 378 g/mol. The lowest BCUT2D eigenvalue weighted by Gasteiger charge is -2.19. The zero-order valence-corrected chi connectivity index (χ0v) is 15.9. The molecular weight excluding hydrogens is 355 g/mol. The van der Waals surface area contributed by atoms with Crippen molar-refractivity contribution in [3.05, 3.63) is 65.0 Å². The van der Waals surface area contributed by atoms with Gasteiger partial charge in [0.1, 0.15) is 5.82 Å². The highest BCUT2D eigenvalue weighted by atomic mass is 32.2. The van der Waals surface area contributed by atoms with Crippen molar-refractivity contribution in [2.75, 3.05) is 13.1 Å². The molecule has 0 aromatic heterocycles. The number of rotatable bonds is 7. The molecule has 0 atom stereocenters. The molecule has 26 heavy (non-hydrogen) atoms. The molecule has 1 N–H and O–H groups in total. The van der Waals surface area contributed by atoms with E-state index in [0.717, 1.165) is 5.56 Å². The van der Waals surface area contributed by atoms with Crippen LogP contribution in [-0.4, -0.2) is 31.7 Å². The lowest BCUT2D eigenvalue weighted by Crippen LogP contribution is -2.31. The smallest absolute Gasteiger partial charge is 0.251 e. The SMILES string of the molecule is CCN(CC)S(=O)(=O)c1ccc(C)c(C(=O)NCc2ccc(F)cc2)c1. The van der Waals surface area contributed by atoms with Gasteiger partial charge in [-0.3, -0.25) is 4.79 Å². The molecule has 2 aromatic rings. The first kappa shape index (κ1) is 20.1. The van der Waals surface area contributed by atoms with E-state index in [9.17, 15) is 17.6 Å². The quantitative estimate of drug-likeness (QED) is 0.805. The first-order valence-corrected chi connectivity index (χ1v) is 9.87. The number of halogens is 1. The predicted molar refractivity (Wildman–Crippen MR) is 98.9 cm³/mol. The number of nitrogens with one attached hydrogen (secondary N) is 1. The molecule has 0 saturated carbocycles. The Balaban J connectivity index is 2.23. The van der Waals surface area contributed by atoms with Gasteiger partial charge in [0.05, 0.1) is 4.90 Å². The van der Waals surface area contributed by atoms with Crippen molar-refractivity contribution in [2.24, 2.45) is 0 Å². The minimum atomic E-state index is -3.63. The van der Waals surface area contributed by atoms with E-state index in [1.165, 1.54) is 28.6 Å². The Bertz CT molecular complexity index is 876. The lowest BCUT2D eigenvalue weighted by atomic mass is 10.1. The molecule has 0 fully saturated rings. The van der Waals surface area contributed by atoms with Crippen LogP contribution in [0.5, 0.6) is 0 Å². The summed E-state index contributed by atoms with van der Waals surface area (Å²) in [6.45, 7) is 6.24. The molecule has 0 radical (unpaired) electrons. The molecule has 2 rings (SSSR count).